The summed E-state index contributed by atoms with van der Waals surface area (Å²) in [6.45, 7) is 15.0. The van der Waals surface area contributed by atoms with Gasteiger partial charge in [-0.05, 0) is 66.6 Å². The molecule has 0 aliphatic rings. The Hall–Kier alpha value is -1.62. The van der Waals surface area contributed by atoms with Crippen LogP contribution in [-0.4, -0.2) is 26.6 Å². The topological polar surface area (TPSA) is 38.7 Å². The van der Waals surface area contributed by atoms with E-state index in [1.165, 1.54) is 5.56 Å². The molecule has 0 saturated heterocycles. The Morgan fingerprint density at radius 1 is 1.00 bits per heavy atom. The van der Waals surface area contributed by atoms with Crippen molar-refractivity contribution in [2.24, 2.45) is 0 Å². The number of rotatable bonds is 10. The van der Waals surface area contributed by atoms with E-state index in [0.717, 1.165) is 36.3 Å². The SMILES string of the molecule is Cc1cc([C@@H](CCO)CCO[Si](C)(C)C(C)(C)C)ccc1OCc1ccccc1. The lowest BCUT2D eigenvalue weighted by molar-refractivity contribution is 0.241. The highest BCUT2D eigenvalue weighted by Gasteiger charge is 2.37. The fourth-order valence-electron chi connectivity index (χ4n) is 3.13. The molecule has 0 radical (unpaired) electrons. The van der Waals surface area contributed by atoms with Crippen LogP contribution in [0, 0.1) is 6.92 Å². The Morgan fingerprint density at radius 2 is 1.69 bits per heavy atom. The highest BCUT2D eigenvalue weighted by Crippen LogP contribution is 2.37. The van der Waals surface area contributed by atoms with Crippen LogP contribution in [0.3, 0.4) is 0 Å². The third kappa shape index (κ3) is 6.98. The van der Waals surface area contributed by atoms with Gasteiger partial charge in [-0.1, -0.05) is 63.2 Å². The fraction of sp³-hybridized carbons (Fsp3) is 0.520. The Kier molecular flexibility index (Phi) is 8.50. The summed E-state index contributed by atoms with van der Waals surface area (Å²) in [5.41, 5.74) is 3.55. The summed E-state index contributed by atoms with van der Waals surface area (Å²) in [6, 6.07) is 16.6. The minimum Gasteiger partial charge on any atom is -0.489 e. The zero-order valence-electron chi connectivity index (χ0n) is 19.0. The summed E-state index contributed by atoms with van der Waals surface area (Å²) in [6.07, 6.45) is 1.68. The van der Waals surface area contributed by atoms with E-state index in [2.05, 4.69) is 71.1 Å². The van der Waals surface area contributed by atoms with Gasteiger partial charge < -0.3 is 14.3 Å². The Morgan fingerprint density at radius 3 is 2.28 bits per heavy atom. The monoisotopic (exact) mass is 414 g/mol. The number of hydrogen-bond donors (Lipinski definition) is 1. The minimum absolute atomic E-state index is 0.191. The number of benzene rings is 2. The first-order valence-corrected chi connectivity index (χ1v) is 13.6. The molecule has 0 heterocycles. The van der Waals surface area contributed by atoms with Gasteiger partial charge in [-0.2, -0.15) is 0 Å². The van der Waals surface area contributed by atoms with Crippen molar-refractivity contribution in [1.82, 2.24) is 0 Å². The average Bonchev–Trinajstić information content (AvgIpc) is 2.66. The van der Waals surface area contributed by atoms with Crippen LogP contribution in [-0.2, 0) is 11.0 Å². The van der Waals surface area contributed by atoms with E-state index in [0.29, 0.717) is 12.5 Å². The molecular weight excluding hydrogens is 376 g/mol. The Balaban J connectivity index is 2.00. The average molecular weight is 415 g/mol. The number of hydrogen-bond acceptors (Lipinski definition) is 3. The highest BCUT2D eigenvalue weighted by molar-refractivity contribution is 6.74. The number of aryl methyl sites for hydroxylation is 1. The number of aliphatic hydroxyl groups is 1. The quantitative estimate of drug-likeness (QED) is 0.454. The molecule has 2 aromatic carbocycles. The van der Waals surface area contributed by atoms with Gasteiger partial charge in [-0.3, -0.25) is 0 Å². The van der Waals surface area contributed by atoms with Crippen molar-refractivity contribution < 1.29 is 14.3 Å². The molecule has 1 N–H and O–H groups in total. The van der Waals surface area contributed by atoms with Gasteiger partial charge in [0.05, 0.1) is 0 Å². The number of ether oxygens (including phenoxy) is 1. The molecule has 0 aliphatic carbocycles. The first-order chi connectivity index (χ1) is 13.6. The molecule has 0 aliphatic heterocycles. The maximum Gasteiger partial charge on any atom is 0.191 e. The second-order valence-electron chi connectivity index (χ2n) is 9.41. The zero-order valence-corrected chi connectivity index (χ0v) is 20.0. The van der Waals surface area contributed by atoms with E-state index in [4.69, 9.17) is 9.16 Å². The molecule has 3 nitrogen and oxygen atoms in total. The molecule has 4 heteroatoms. The maximum atomic E-state index is 9.56. The van der Waals surface area contributed by atoms with Gasteiger partial charge in [0.15, 0.2) is 8.32 Å². The van der Waals surface area contributed by atoms with Crippen LogP contribution in [0.25, 0.3) is 0 Å². The van der Waals surface area contributed by atoms with Crippen molar-refractivity contribution in [3.05, 3.63) is 65.2 Å². The van der Waals surface area contributed by atoms with Crippen molar-refractivity contribution >= 4 is 8.32 Å². The lowest BCUT2D eigenvalue weighted by Gasteiger charge is -2.36. The van der Waals surface area contributed by atoms with E-state index >= 15 is 0 Å². The van der Waals surface area contributed by atoms with E-state index in [9.17, 15) is 5.11 Å². The van der Waals surface area contributed by atoms with Crippen molar-refractivity contribution in [2.75, 3.05) is 13.2 Å². The molecule has 2 aromatic rings. The molecule has 0 spiro atoms. The largest absolute Gasteiger partial charge is 0.489 e. The lowest BCUT2D eigenvalue weighted by Crippen LogP contribution is -2.41. The minimum atomic E-state index is -1.74. The molecule has 0 bridgehead atoms. The van der Waals surface area contributed by atoms with Crippen LogP contribution in [0.2, 0.25) is 18.1 Å². The van der Waals surface area contributed by atoms with Crippen LogP contribution >= 0.6 is 0 Å². The lowest BCUT2D eigenvalue weighted by atomic mass is 9.92. The van der Waals surface area contributed by atoms with E-state index in [1.54, 1.807) is 0 Å². The van der Waals surface area contributed by atoms with Crippen LogP contribution in [0.15, 0.2) is 48.5 Å². The summed E-state index contributed by atoms with van der Waals surface area (Å²) in [4.78, 5) is 0. The molecule has 29 heavy (non-hydrogen) atoms. The van der Waals surface area contributed by atoms with Crippen molar-refractivity contribution in [2.45, 2.75) is 71.2 Å². The van der Waals surface area contributed by atoms with Gasteiger partial charge in [-0.25, -0.2) is 0 Å². The molecule has 0 unspecified atom stereocenters. The van der Waals surface area contributed by atoms with Gasteiger partial charge in [0.1, 0.15) is 12.4 Å². The van der Waals surface area contributed by atoms with Gasteiger partial charge in [0.25, 0.3) is 0 Å². The van der Waals surface area contributed by atoms with Crippen molar-refractivity contribution in [3.8, 4) is 5.75 Å². The van der Waals surface area contributed by atoms with Gasteiger partial charge >= 0.3 is 0 Å². The van der Waals surface area contributed by atoms with E-state index in [-0.39, 0.29) is 11.6 Å². The summed E-state index contributed by atoms with van der Waals surface area (Å²) in [7, 11) is -1.74. The molecule has 0 fully saturated rings. The maximum absolute atomic E-state index is 9.56. The standard InChI is InChI=1S/C25H38O3Si/c1-20-18-23(12-13-24(20)27-19-21-10-8-7-9-11-21)22(14-16-26)15-17-28-29(5,6)25(2,3)4/h7-13,18,22,26H,14-17,19H2,1-6H3/t22-/m0/s1. The summed E-state index contributed by atoms with van der Waals surface area (Å²) >= 11 is 0. The predicted octanol–water partition coefficient (Wildman–Crippen LogP) is 6.45. The van der Waals surface area contributed by atoms with Crippen LogP contribution in [0.1, 0.15) is 56.2 Å². The zero-order chi connectivity index (χ0) is 21.5. The Labute approximate surface area is 178 Å². The smallest absolute Gasteiger partial charge is 0.191 e. The molecule has 2 rings (SSSR count). The first-order valence-electron chi connectivity index (χ1n) is 10.7. The molecule has 0 aromatic heterocycles. The van der Waals surface area contributed by atoms with E-state index in [1.807, 2.05) is 18.2 Å². The number of aliphatic hydroxyl groups excluding tert-OH is 1. The molecule has 1 atom stereocenters. The molecule has 0 saturated carbocycles. The third-order valence-corrected chi connectivity index (χ3v) is 10.7. The van der Waals surface area contributed by atoms with Crippen LogP contribution < -0.4 is 4.74 Å². The Bertz CT molecular complexity index is 750. The summed E-state index contributed by atoms with van der Waals surface area (Å²) < 4.78 is 12.4. The molecule has 0 amide bonds. The van der Waals surface area contributed by atoms with E-state index < -0.39 is 8.32 Å². The second-order valence-corrected chi connectivity index (χ2v) is 14.2. The summed E-state index contributed by atoms with van der Waals surface area (Å²) in [5, 5.41) is 9.78. The second kappa shape index (κ2) is 10.4. The molecule has 160 valence electrons. The van der Waals surface area contributed by atoms with Crippen molar-refractivity contribution in [3.63, 3.8) is 0 Å². The fourth-order valence-corrected chi connectivity index (χ4v) is 4.19. The van der Waals surface area contributed by atoms with Gasteiger partial charge in [0, 0.05) is 13.2 Å². The third-order valence-electron chi connectivity index (χ3n) is 6.12. The van der Waals surface area contributed by atoms with Gasteiger partial charge in [-0.15, -0.1) is 0 Å². The first kappa shape index (κ1) is 23.7. The van der Waals surface area contributed by atoms with Crippen molar-refractivity contribution in [1.29, 1.82) is 0 Å². The van der Waals surface area contributed by atoms with Crippen LogP contribution in [0.5, 0.6) is 5.75 Å². The highest BCUT2D eigenvalue weighted by atomic mass is 28.4. The molecular formula is C25H38O3Si. The van der Waals surface area contributed by atoms with Crippen LogP contribution in [0.4, 0.5) is 0 Å². The predicted molar refractivity (Wildman–Crippen MR) is 124 cm³/mol. The summed E-state index contributed by atoms with van der Waals surface area (Å²) in [5.74, 6) is 1.21. The normalized spacial score (nSPS) is 13.3. The van der Waals surface area contributed by atoms with Gasteiger partial charge in [0.2, 0.25) is 0 Å².